The normalized spacial score (nSPS) is 14.8. The zero-order valence-electron chi connectivity index (χ0n) is 11.2. The zero-order chi connectivity index (χ0) is 13.8. The van der Waals surface area contributed by atoms with Gasteiger partial charge in [0.2, 0.25) is 5.91 Å². The van der Waals surface area contributed by atoms with Gasteiger partial charge in [0.15, 0.2) is 0 Å². The van der Waals surface area contributed by atoms with Gasteiger partial charge in [-0.15, -0.1) is 0 Å². The van der Waals surface area contributed by atoms with Crippen LogP contribution < -0.4 is 10.6 Å². The minimum atomic E-state index is -0.302. The summed E-state index contributed by atoms with van der Waals surface area (Å²) < 4.78 is 13.2. The molecule has 104 valence electrons. The smallest absolute Gasteiger partial charge is 0.242 e. The monoisotopic (exact) mass is 265 g/mol. The Morgan fingerprint density at radius 3 is 2.74 bits per heavy atom. The number of hydrogen-bond donors (Lipinski definition) is 1. The zero-order valence-corrected chi connectivity index (χ0v) is 11.2. The Kier molecular flexibility index (Phi) is 4.37. The van der Waals surface area contributed by atoms with Gasteiger partial charge in [0.05, 0.1) is 6.54 Å². The molecule has 1 aromatic carbocycles. The first kappa shape index (κ1) is 13.8. The van der Waals surface area contributed by atoms with E-state index in [4.69, 9.17) is 5.73 Å². The molecule has 1 aromatic rings. The highest BCUT2D eigenvalue weighted by Gasteiger charge is 2.20. The average Bonchev–Trinajstić information content (AvgIpc) is 2.92. The van der Waals surface area contributed by atoms with Crippen molar-refractivity contribution in [3.05, 3.63) is 29.6 Å². The molecule has 1 aliphatic rings. The van der Waals surface area contributed by atoms with Crippen LogP contribution in [0.15, 0.2) is 18.2 Å². The summed E-state index contributed by atoms with van der Waals surface area (Å²) in [4.78, 5) is 15.8. The molecule has 0 spiro atoms. The second-order valence-electron chi connectivity index (χ2n) is 4.92. The summed E-state index contributed by atoms with van der Waals surface area (Å²) in [6.45, 7) is 2.26. The molecule has 0 saturated carbocycles. The van der Waals surface area contributed by atoms with Crippen molar-refractivity contribution in [1.29, 1.82) is 0 Å². The largest absolute Gasteiger partial charge is 0.365 e. The summed E-state index contributed by atoms with van der Waals surface area (Å²) in [7, 11) is 1.83. The Morgan fingerprint density at radius 1 is 1.42 bits per heavy atom. The van der Waals surface area contributed by atoms with E-state index in [1.807, 2.05) is 16.8 Å². The van der Waals surface area contributed by atoms with Crippen LogP contribution in [0.2, 0.25) is 0 Å². The van der Waals surface area contributed by atoms with Crippen molar-refractivity contribution in [1.82, 2.24) is 4.90 Å². The maximum Gasteiger partial charge on any atom is 0.242 e. The number of nitrogens with two attached hydrogens (primary N) is 1. The van der Waals surface area contributed by atoms with E-state index in [0.29, 0.717) is 6.54 Å². The number of rotatable bonds is 4. The fourth-order valence-corrected chi connectivity index (χ4v) is 2.44. The molecular formula is C14H20FN3O. The predicted molar refractivity (Wildman–Crippen MR) is 73.4 cm³/mol. The standard InChI is InChI=1S/C14H20FN3O/c1-17(10-14(19)18-6-2-3-7-18)13-5-4-12(15)8-11(13)9-16/h4-5,8H,2-3,6-7,9-10,16H2,1H3. The van der Waals surface area contributed by atoms with E-state index in [0.717, 1.165) is 37.2 Å². The molecule has 2 rings (SSSR count). The van der Waals surface area contributed by atoms with Crippen LogP contribution in [0.5, 0.6) is 0 Å². The molecule has 4 nitrogen and oxygen atoms in total. The maximum atomic E-state index is 13.2. The van der Waals surface area contributed by atoms with Crippen molar-refractivity contribution >= 4 is 11.6 Å². The number of likely N-dealkylation sites (N-methyl/N-ethyl adjacent to an activating group) is 1. The van der Waals surface area contributed by atoms with Gasteiger partial charge in [0.1, 0.15) is 5.82 Å². The van der Waals surface area contributed by atoms with E-state index in [1.165, 1.54) is 12.1 Å². The van der Waals surface area contributed by atoms with Crippen molar-refractivity contribution < 1.29 is 9.18 Å². The highest BCUT2D eigenvalue weighted by molar-refractivity contribution is 5.81. The van der Waals surface area contributed by atoms with Crippen molar-refractivity contribution in [2.24, 2.45) is 5.73 Å². The highest BCUT2D eigenvalue weighted by Crippen LogP contribution is 2.20. The van der Waals surface area contributed by atoms with Crippen LogP contribution in [-0.2, 0) is 11.3 Å². The third kappa shape index (κ3) is 3.23. The average molecular weight is 265 g/mol. The van der Waals surface area contributed by atoms with Crippen LogP contribution in [0.25, 0.3) is 0 Å². The van der Waals surface area contributed by atoms with Crippen molar-refractivity contribution in [3.8, 4) is 0 Å². The third-order valence-corrected chi connectivity index (χ3v) is 3.50. The number of carbonyl (C=O) groups excluding carboxylic acids is 1. The lowest BCUT2D eigenvalue weighted by Gasteiger charge is -2.24. The van der Waals surface area contributed by atoms with Crippen LogP contribution in [0, 0.1) is 5.82 Å². The fraction of sp³-hybridized carbons (Fsp3) is 0.500. The number of carbonyl (C=O) groups is 1. The van der Waals surface area contributed by atoms with Crippen LogP contribution in [-0.4, -0.2) is 37.5 Å². The van der Waals surface area contributed by atoms with Gasteiger partial charge in [-0.3, -0.25) is 4.79 Å². The fourth-order valence-electron chi connectivity index (χ4n) is 2.44. The van der Waals surface area contributed by atoms with Crippen LogP contribution in [0.1, 0.15) is 18.4 Å². The van der Waals surface area contributed by atoms with E-state index in [9.17, 15) is 9.18 Å². The van der Waals surface area contributed by atoms with Crippen molar-refractivity contribution in [2.75, 3.05) is 31.6 Å². The van der Waals surface area contributed by atoms with Gasteiger partial charge in [0.25, 0.3) is 0 Å². The van der Waals surface area contributed by atoms with Crippen molar-refractivity contribution in [2.45, 2.75) is 19.4 Å². The molecule has 1 aliphatic heterocycles. The molecule has 2 N–H and O–H groups in total. The first-order valence-corrected chi connectivity index (χ1v) is 6.59. The number of likely N-dealkylation sites (tertiary alicyclic amines) is 1. The van der Waals surface area contributed by atoms with Crippen LogP contribution >= 0.6 is 0 Å². The number of halogens is 1. The molecule has 1 amide bonds. The molecule has 0 aromatic heterocycles. The number of benzene rings is 1. The Bertz CT molecular complexity index is 458. The SMILES string of the molecule is CN(CC(=O)N1CCCC1)c1ccc(F)cc1CN. The Labute approximate surface area is 113 Å². The molecule has 1 saturated heterocycles. The maximum absolute atomic E-state index is 13.2. The topological polar surface area (TPSA) is 49.6 Å². The summed E-state index contributed by atoms with van der Waals surface area (Å²) >= 11 is 0. The molecule has 1 heterocycles. The number of anilines is 1. The first-order chi connectivity index (χ1) is 9.11. The van der Waals surface area contributed by atoms with Crippen molar-refractivity contribution in [3.63, 3.8) is 0 Å². The van der Waals surface area contributed by atoms with Gasteiger partial charge in [-0.1, -0.05) is 0 Å². The number of amides is 1. The molecule has 0 bridgehead atoms. The van der Waals surface area contributed by atoms with Gasteiger partial charge in [-0.2, -0.15) is 0 Å². The lowest BCUT2D eigenvalue weighted by Crippen LogP contribution is -2.37. The van der Waals surface area contributed by atoms with Crippen LogP contribution in [0.4, 0.5) is 10.1 Å². The van der Waals surface area contributed by atoms with Gasteiger partial charge in [-0.05, 0) is 36.6 Å². The highest BCUT2D eigenvalue weighted by atomic mass is 19.1. The van der Waals surface area contributed by atoms with Crippen LogP contribution in [0.3, 0.4) is 0 Å². The lowest BCUT2D eigenvalue weighted by molar-refractivity contribution is -0.128. The van der Waals surface area contributed by atoms with E-state index >= 15 is 0 Å². The van der Waals surface area contributed by atoms with E-state index in [2.05, 4.69) is 0 Å². The summed E-state index contributed by atoms with van der Waals surface area (Å²) in [5.74, 6) is -0.184. The minimum absolute atomic E-state index is 0.118. The summed E-state index contributed by atoms with van der Waals surface area (Å²) in [5, 5.41) is 0. The number of nitrogens with zero attached hydrogens (tertiary/aromatic N) is 2. The number of hydrogen-bond acceptors (Lipinski definition) is 3. The van der Waals surface area contributed by atoms with Gasteiger partial charge < -0.3 is 15.5 Å². The second kappa shape index (κ2) is 6.02. The Hall–Kier alpha value is -1.62. The molecule has 5 heteroatoms. The molecule has 0 atom stereocenters. The molecule has 19 heavy (non-hydrogen) atoms. The second-order valence-corrected chi connectivity index (χ2v) is 4.92. The Morgan fingerprint density at radius 2 is 2.11 bits per heavy atom. The first-order valence-electron chi connectivity index (χ1n) is 6.59. The summed E-state index contributed by atoms with van der Waals surface area (Å²) in [6.07, 6.45) is 2.17. The molecule has 0 aliphatic carbocycles. The van der Waals surface area contributed by atoms with E-state index in [-0.39, 0.29) is 18.3 Å². The minimum Gasteiger partial charge on any atom is -0.365 e. The predicted octanol–water partition coefficient (Wildman–Crippen LogP) is 1.34. The molecule has 0 unspecified atom stereocenters. The summed E-state index contributed by atoms with van der Waals surface area (Å²) in [6, 6.07) is 4.49. The van der Waals surface area contributed by atoms with Gasteiger partial charge >= 0.3 is 0 Å². The lowest BCUT2D eigenvalue weighted by atomic mass is 10.1. The van der Waals surface area contributed by atoms with E-state index < -0.39 is 0 Å². The van der Waals surface area contributed by atoms with E-state index in [1.54, 1.807) is 6.07 Å². The van der Waals surface area contributed by atoms with Gasteiger partial charge in [-0.25, -0.2) is 4.39 Å². The summed E-state index contributed by atoms with van der Waals surface area (Å²) in [5.41, 5.74) is 7.16. The molecule has 1 fully saturated rings. The molecule has 0 radical (unpaired) electrons. The van der Waals surface area contributed by atoms with Gasteiger partial charge in [0, 0.05) is 32.4 Å². The quantitative estimate of drug-likeness (QED) is 0.894. The third-order valence-electron chi connectivity index (χ3n) is 3.50. The molecular weight excluding hydrogens is 245 g/mol. The Balaban J connectivity index is 2.06.